The van der Waals surface area contributed by atoms with E-state index in [2.05, 4.69) is 10.1 Å². The Labute approximate surface area is 114 Å². The van der Waals surface area contributed by atoms with Crippen molar-refractivity contribution in [2.24, 2.45) is 0 Å². The van der Waals surface area contributed by atoms with Gasteiger partial charge in [0, 0.05) is 0 Å². The normalized spacial score (nSPS) is 18.6. The second-order valence-corrected chi connectivity index (χ2v) is 5.07. The molecule has 2 N–H and O–H groups in total. The zero-order valence-corrected chi connectivity index (χ0v) is 11.0. The van der Waals surface area contributed by atoms with Gasteiger partial charge in [-0.2, -0.15) is 13.2 Å². The maximum atomic E-state index is 11.9. The number of alkyl halides is 3. The van der Waals surface area contributed by atoms with E-state index in [9.17, 15) is 22.8 Å². The predicted molar refractivity (Wildman–Crippen MR) is 63.1 cm³/mol. The fourth-order valence-corrected chi connectivity index (χ4v) is 2.46. The van der Waals surface area contributed by atoms with Crippen molar-refractivity contribution in [3.05, 3.63) is 0 Å². The van der Waals surface area contributed by atoms with Crippen molar-refractivity contribution >= 4 is 11.9 Å². The monoisotopic (exact) mass is 297 g/mol. The maximum absolute atomic E-state index is 11.9. The topological polar surface area (TPSA) is 75.6 Å². The number of rotatable bonds is 6. The van der Waals surface area contributed by atoms with E-state index < -0.39 is 36.8 Å². The van der Waals surface area contributed by atoms with Gasteiger partial charge in [0.15, 0.2) is 0 Å². The molecule has 0 aromatic carbocycles. The number of nitrogens with one attached hydrogen (secondary N) is 1. The lowest BCUT2D eigenvalue weighted by Crippen LogP contribution is -2.52. The first kappa shape index (κ1) is 16.7. The Morgan fingerprint density at radius 1 is 1.20 bits per heavy atom. The molecule has 0 bridgehead atoms. The summed E-state index contributed by atoms with van der Waals surface area (Å²) in [6.07, 6.45) is -1.13. The van der Waals surface area contributed by atoms with E-state index in [1.54, 1.807) is 0 Å². The molecule has 5 nitrogen and oxygen atoms in total. The summed E-state index contributed by atoms with van der Waals surface area (Å²) in [4.78, 5) is 22.5. The molecule has 1 amide bonds. The van der Waals surface area contributed by atoms with Crippen LogP contribution in [0.25, 0.3) is 0 Å². The Kier molecular flexibility index (Phi) is 5.79. The molecule has 20 heavy (non-hydrogen) atoms. The number of amides is 1. The average Bonchev–Trinajstić information content (AvgIpc) is 2.26. The highest BCUT2D eigenvalue weighted by molar-refractivity contribution is 5.79. The van der Waals surface area contributed by atoms with Crippen molar-refractivity contribution in [3.63, 3.8) is 0 Å². The summed E-state index contributed by atoms with van der Waals surface area (Å²) in [5.74, 6) is -1.75. The van der Waals surface area contributed by atoms with Gasteiger partial charge in [0.25, 0.3) is 0 Å². The van der Waals surface area contributed by atoms with E-state index in [0.29, 0.717) is 12.8 Å². The zero-order valence-electron chi connectivity index (χ0n) is 11.0. The van der Waals surface area contributed by atoms with Gasteiger partial charge in [-0.25, -0.2) is 0 Å². The Morgan fingerprint density at radius 2 is 1.80 bits per heavy atom. The minimum Gasteiger partial charge on any atom is -0.481 e. The Morgan fingerprint density at radius 3 is 2.30 bits per heavy atom. The number of carboxylic acids is 1. The van der Waals surface area contributed by atoms with E-state index in [1.807, 2.05) is 0 Å². The van der Waals surface area contributed by atoms with Gasteiger partial charge in [0.1, 0.15) is 13.2 Å². The van der Waals surface area contributed by atoms with E-state index in [4.69, 9.17) is 5.11 Å². The molecule has 1 fully saturated rings. The van der Waals surface area contributed by atoms with Gasteiger partial charge in [0.05, 0.1) is 12.0 Å². The molecule has 0 radical (unpaired) electrons. The van der Waals surface area contributed by atoms with Gasteiger partial charge in [-0.05, 0) is 12.8 Å². The number of hydrogen-bond acceptors (Lipinski definition) is 3. The van der Waals surface area contributed by atoms with Crippen LogP contribution in [0.5, 0.6) is 0 Å². The van der Waals surface area contributed by atoms with Crippen LogP contribution in [0.1, 0.15) is 38.5 Å². The standard InChI is InChI=1S/C12H18F3NO4/c13-12(14,15)8-20-7-9(17)16-11(6-10(18)19)4-2-1-3-5-11/h1-8H2,(H,16,17)(H,18,19). The highest BCUT2D eigenvalue weighted by atomic mass is 19.4. The summed E-state index contributed by atoms with van der Waals surface area (Å²) < 4.78 is 39.9. The molecule has 0 unspecified atom stereocenters. The molecule has 0 atom stereocenters. The third-order valence-corrected chi connectivity index (χ3v) is 3.20. The first-order valence-electron chi connectivity index (χ1n) is 6.40. The fourth-order valence-electron chi connectivity index (χ4n) is 2.46. The Bertz CT molecular complexity index is 351. The van der Waals surface area contributed by atoms with Gasteiger partial charge in [0.2, 0.25) is 5.91 Å². The molecule has 1 saturated carbocycles. The third kappa shape index (κ3) is 6.23. The van der Waals surface area contributed by atoms with Crippen LogP contribution < -0.4 is 5.32 Å². The first-order valence-corrected chi connectivity index (χ1v) is 6.40. The van der Waals surface area contributed by atoms with Crippen LogP contribution in [0.3, 0.4) is 0 Å². The molecule has 0 aliphatic heterocycles. The van der Waals surface area contributed by atoms with E-state index in [-0.39, 0.29) is 6.42 Å². The molecular weight excluding hydrogens is 279 g/mol. The summed E-state index contributed by atoms with van der Waals surface area (Å²) in [5.41, 5.74) is -0.858. The van der Waals surface area contributed by atoms with Gasteiger partial charge in [-0.3, -0.25) is 9.59 Å². The molecule has 0 saturated heterocycles. The Hall–Kier alpha value is -1.31. The van der Waals surface area contributed by atoms with E-state index >= 15 is 0 Å². The second kappa shape index (κ2) is 6.92. The SMILES string of the molecule is O=C(O)CC1(NC(=O)COCC(F)(F)F)CCCCC1. The number of carboxylic acid groups (broad SMARTS) is 1. The first-order chi connectivity index (χ1) is 9.22. The van der Waals surface area contributed by atoms with Gasteiger partial charge in [-0.1, -0.05) is 19.3 Å². The van der Waals surface area contributed by atoms with Crippen LogP contribution in [0.15, 0.2) is 0 Å². The summed E-state index contributed by atoms with van der Waals surface area (Å²) in [6, 6.07) is 0. The molecule has 1 rings (SSSR count). The minimum atomic E-state index is -4.48. The minimum absolute atomic E-state index is 0.224. The lowest BCUT2D eigenvalue weighted by molar-refractivity contribution is -0.176. The number of aliphatic carboxylic acids is 1. The van der Waals surface area contributed by atoms with Crippen molar-refractivity contribution in [3.8, 4) is 0 Å². The van der Waals surface area contributed by atoms with E-state index in [0.717, 1.165) is 19.3 Å². The number of carbonyl (C=O) groups is 2. The molecule has 8 heteroatoms. The quantitative estimate of drug-likeness (QED) is 0.784. The average molecular weight is 297 g/mol. The highest BCUT2D eigenvalue weighted by Crippen LogP contribution is 2.31. The number of ether oxygens (including phenoxy) is 1. The lowest BCUT2D eigenvalue weighted by atomic mass is 9.79. The molecule has 0 heterocycles. The largest absolute Gasteiger partial charge is 0.481 e. The van der Waals surface area contributed by atoms with Crippen molar-refractivity contribution in [1.82, 2.24) is 5.32 Å². The summed E-state index contributed by atoms with van der Waals surface area (Å²) in [6.45, 7) is -2.22. The highest BCUT2D eigenvalue weighted by Gasteiger charge is 2.36. The van der Waals surface area contributed by atoms with Crippen LogP contribution in [0.4, 0.5) is 13.2 Å². The van der Waals surface area contributed by atoms with Gasteiger partial charge >= 0.3 is 12.1 Å². The summed E-state index contributed by atoms with van der Waals surface area (Å²) >= 11 is 0. The molecule has 0 spiro atoms. The molecule has 1 aliphatic carbocycles. The number of halogens is 3. The van der Waals surface area contributed by atoms with Crippen LogP contribution in [0, 0.1) is 0 Å². The van der Waals surface area contributed by atoms with Crippen molar-refractivity contribution in [2.45, 2.75) is 50.2 Å². The molecule has 0 aromatic heterocycles. The number of carbonyl (C=O) groups excluding carboxylic acids is 1. The smallest absolute Gasteiger partial charge is 0.411 e. The second-order valence-electron chi connectivity index (χ2n) is 5.07. The van der Waals surface area contributed by atoms with Crippen LogP contribution in [0.2, 0.25) is 0 Å². The van der Waals surface area contributed by atoms with Crippen molar-refractivity contribution in [1.29, 1.82) is 0 Å². The molecule has 0 aromatic rings. The van der Waals surface area contributed by atoms with E-state index in [1.165, 1.54) is 0 Å². The molecular formula is C12H18F3NO4. The van der Waals surface area contributed by atoms with Crippen molar-refractivity contribution < 1.29 is 32.6 Å². The predicted octanol–water partition coefficient (Wildman–Crippen LogP) is 1.86. The van der Waals surface area contributed by atoms with Crippen LogP contribution in [-0.2, 0) is 14.3 Å². The third-order valence-electron chi connectivity index (χ3n) is 3.20. The summed E-state index contributed by atoms with van der Waals surface area (Å²) in [5, 5.41) is 11.4. The molecule has 116 valence electrons. The number of hydrogen-bond donors (Lipinski definition) is 2. The Balaban J connectivity index is 2.48. The van der Waals surface area contributed by atoms with Crippen LogP contribution in [-0.4, -0.2) is 41.9 Å². The van der Waals surface area contributed by atoms with Crippen LogP contribution >= 0.6 is 0 Å². The summed E-state index contributed by atoms with van der Waals surface area (Å²) in [7, 11) is 0. The maximum Gasteiger partial charge on any atom is 0.411 e. The lowest BCUT2D eigenvalue weighted by Gasteiger charge is -2.37. The fraction of sp³-hybridized carbons (Fsp3) is 0.833. The zero-order chi connectivity index (χ0) is 15.2. The van der Waals surface area contributed by atoms with Gasteiger partial charge < -0.3 is 15.2 Å². The van der Waals surface area contributed by atoms with Crippen molar-refractivity contribution in [2.75, 3.05) is 13.2 Å². The molecule has 1 aliphatic rings. The van der Waals surface area contributed by atoms with Gasteiger partial charge in [-0.15, -0.1) is 0 Å².